The van der Waals surface area contributed by atoms with Crippen molar-refractivity contribution in [3.8, 4) is 11.4 Å². The van der Waals surface area contributed by atoms with E-state index in [1.165, 1.54) is 0 Å². The molecule has 0 radical (unpaired) electrons. The number of hydrogen-bond donors (Lipinski definition) is 1. The Morgan fingerprint density at radius 3 is 2.52 bits per heavy atom. The Hall–Kier alpha value is -2.20. The van der Waals surface area contributed by atoms with E-state index in [1.54, 1.807) is 0 Å². The van der Waals surface area contributed by atoms with Crippen LogP contribution in [0.1, 0.15) is 32.7 Å². The third kappa shape index (κ3) is 2.54. The number of nitrogens with zero attached hydrogens (tertiary/aromatic N) is 2. The van der Waals surface area contributed by atoms with Crippen LogP contribution in [-0.4, -0.2) is 10.1 Å². The second-order valence-electron chi connectivity index (χ2n) is 6.33. The van der Waals surface area contributed by atoms with Gasteiger partial charge in [0.05, 0.1) is 6.04 Å². The molecule has 2 N–H and O–H groups in total. The highest BCUT2D eigenvalue weighted by atomic mass is 16.5. The van der Waals surface area contributed by atoms with Gasteiger partial charge in [0.25, 0.3) is 0 Å². The van der Waals surface area contributed by atoms with Gasteiger partial charge in [-0.15, -0.1) is 0 Å². The summed E-state index contributed by atoms with van der Waals surface area (Å²) in [5.74, 6) is 1.06. The van der Waals surface area contributed by atoms with Crippen molar-refractivity contribution in [2.75, 3.05) is 0 Å². The van der Waals surface area contributed by atoms with Crippen LogP contribution < -0.4 is 5.73 Å². The molecule has 3 rings (SSSR count). The van der Waals surface area contributed by atoms with Crippen molar-refractivity contribution in [2.24, 2.45) is 11.1 Å². The zero-order valence-electron chi connectivity index (χ0n) is 12.5. The maximum atomic E-state index is 6.18. The first-order valence-corrected chi connectivity index (χ1v) is 7.04. The molecule has 1 aromatic heterocycles. The number of benzene rings is 2. The summed E-state index contributed by atoms with van der Waals surface area (Å²) in [7, 11) is 0. The molecule has 4 heteroatoms. The second-order valence-corrected chi connectivity index (χ2v) is 6.33. The van der Waals surface area contributed by atoms with E-state index in [9.17, 15) is 0 Å². The lowest BCUT2D eigenvalue weighted by Crippen LogP contribution is -2.26. The molecular formula is C17H19N3O. The summed E-state index contributed by atoms with van der Waals surface area (Å²) >= 11 is 0. The summed E-state index contributed by atoms with van der Waals surface area (Å²) in [6.07, 6.45) is 0. The quantitative estimate of drug-likeness (QED) is 0.772. The molecule has 0 saturated heterocycles. The number of fused-ring (bicyclic) bond motifs is 1. The maximum Gasteiger partial charge on any atom is 0.244 e. The summed E-state index contributed by atoms with van der Waals surface area (Å²) in [6.45, 7) is 6.17. The average Bonchev–Trinajstić information content (AvgIpc) is 2.94. The van der Waals surface area contributed by atoms with Crippen molar-refractivity contribution >= 4 is 10.8 Å². The topological polar surface area (TPSA) is 64.9 Å². The molecule has 1 atom stereocenters. The monoisotopic (exact) mass is 281 g/mol. The summed E-state index contributed by atoms with van der Waals surface area (Å²) < 4.78 is 5.37. The Labute approximate surface area is 124 Å². The van der Waals surface area contributed by atoms with Gasteiger partial charge in [-0.25, -0.2) is 0 Å². The van der Waals surface area contributed by atoms with Crippen molar-refractivity contribution in [2.45, 2.75) is 26.8 Å². The molecule has 0 spiro atoms. The molecule has 0 fully saturated rings. The first kappa shape index (κ1) is 13.8. The van der Waals surface area contributed by atoms with Crippen LogP contribution in [0.5, 0.6) is 0 Å². The Bertz CT molecular complexity index is 766. The predicted octanol–water partition coefficient (Wildman–Crippen LogP) is 3.94. The van der Waals surface area contributed by atoms with Crippen molar-refractivity contribution in [1.82, 2.24) is 10.1 Å². The van der Waals surface area contributed by atoms with E-state index in [-0.39, 0.29) is 11.5 Å². The molecule has 0 unspecified atom stereocenters. The molecule has 1 heterocycles. The smallest absolute Gasteiger partial charge is 0.244 e. The van der Waals surface area contributed by atoms with Gasteiger partial charge in [0.15, 0.2) is 0 Å². The highest BCUT2D eigenvalue weighted by Crippen LogP contribution is 2.32. The molecule has 0 aliphatic heterocycles. The van der Waals surface area contributed by atoms with E-state index in [0.29, 0.717) is 11.7 Å². The van der Waals surface area contributed by atoms with Gasteiger partial charge in [-0.05, 0) is 16.2 Å². The normalized spacial score (nSPS) is 13.5. The van der Waals surface area contributed by atoms with Gasteiger partial charge >= 0.3 is 0 Å². The summed E-state index contributed by atoms with van der Waals surface area (Å²) in [6, 6.07) is 13.9. The fourth-order valence-electron chi connectivity index (χ4n) is 2.26. The van der Waals surface area contributed by atoms with Crippen LogP contribution in [0.3, 0.4) is 0 Å². The van der Waals surface area contributed by atoms with Gasteiger partial charge in [0.2, 0.25) is 11.7 Å². The zero-order chi connectivity index (χ0) is 15.0. The SMILES string of the molecule is CC(C)(C)[C@H](N)c1nc(-c2cccc3ccccc23)no1. The van der Waals surface area contributed by atoms with Crippen LogP contribution in [0.25, 0.3) is 22.2 Å². The van der Waals surface area contributed by atoms with Gasteiger partial charge in [-0.3, -0.25) is 0 Å². The van der Waals surface area contributed by atoms with Gasteiger partial charge in [0.1, 0.15) is 0 Å². The van der Waals surface area contributed by atoms with Crippen LogP contribution in [0.2, 0.25) is 0 Å². The molecule has 0 aliphatic rings. The van der Waals surface area contributed by atoms with E-state index in [4.69, 9.17) is 10.3 Å². The molecule has 3 aromatic rings. The van der Waals surface area contributed by atoms with Gasteiger partial charge < -0.3 is 10.3 Å². The minimum atomic E-state index is -0.284. The lowest BCUT2D eigenvalue weighted by molar-refractivity contribution is 0.253. The molecule has 0 amide bonds. The number of aromatic nitrogens is 2. The molecule has 0 aliphatic carbocycles. The number of hydrogen-bond acceptors (Lipinski definition) is 4. The Balaban J connectivity index is 2.07. The lowest BCUT2D eigenvalue weighted by Gasteiger charge is -2.23. The third-order valence-electron chi connectivity index (χ3n) is 3.67. The minimum absolute atomic E-state index is 0.122. The van der Waals surface area contributed by atoms with E-state index in [0.717, 1.165) is 16.3 Å². The van der Waals surface area contributed by atoms with Gasteiger partial charge in [-0.1, -0.05) is 68.4 Å². The molecule has 21 heavy (non-hydrogen) atoms. The summed E-state index contributed by atoms with van der Waals surface area (Å²) in [5, 5.41) is 6.37. The van der Waals surface area contributed by atoms with E-state index in [2.05, 4.69) is 49.1 Å². The van der Waals surface area contributed by atoms with Crippen LogP contribution in [0, 0.1) is 5.41 Å². The minimum Gasteiger partial charge on any atom is -0.337 e. The summed E-state index contributed by atoms with van der Waals surface area (Å²) in [4.78, 5) is 4.49. The number of nitrogens with two attached hydrogens (primary N) is 1. The van der Waals surface area contributed by atoms with Crippen molar-refractivity contribution < 1.29 is 4.52 Å². The van der Waals surface area contributed by atoms with E-state index < -0.39 is 0 Å². The largest absolute Gasteiger partial charge is 0.337 e. The maximum absolute atomic E-state index is 6.18. The summed E-state index contributed by atoms with van der Waals surface area (Å²) in [5.41, 5.74) is 7.02. The van der Waals surface area contributed by atoms with Crippen LogP contribution in [0.4, 0.5) is 0 Å². The molecule has 108 valence electrons. The third-order valence-corrected chi connectivity index (χ3v) is 3.67. The molecular weight excluding hydrogens is 262 g/mol. The first-order chi connectivity index (χ1) is 9.97. The van der Waals surface area contributed by atoms with Gasteiger partial charge in [-0.2, -0.15) is 4.98 Å². The van der Waals surface area contributed by atoms with E-state index in [1.807, 2.05) is 24.3 Å². The van der Waals surface area contributed by atoms with Crippen molar-refractivity contribution in [1.29, 1.82) is 0 Å². The molecule has 0 saturated carbocycles. The second kappa shape index (κ2) is 4.97. The average molecular weight is 281 g/mol. The fraction of sp³-hybridized carbons (Fsp3) is 0.294. The molecule has 0 bridgehead atoms. The Morgan fingerprint density at radius 2 is 1.76 bits per heavy atom. The van der Waals surface area contributed by atoms with Crippen LogP contribution in [0.15, 0.2) is 47.0 Å². The predicted molar refractivity (Wildman–Crippen MR) is 83.6 cm³/mol. The molecule has 2 aromatic carbocycles. The Morgan fingerprint density at radius 1 is 1.05 bits per heavy atom. The first-order valence-electron chi connectivity index (χ1n) is 7.04. The van der Waals surface area contributed by atoms with Crippen LogP contribution >= 0.6 is 0 Å². The lowest BCUT2D eigenvalue weighted by atomic mass is 9.87. The fourth-order valence-corrected chi connectivity index (χ4v) is 2.26. The van der Waals surface area contributed by atoms with Crippen LogP contribution in [-0.2, 0) is 0 Å². The van der Waals surface area contributed by atoms with Gasteiger partial charge in [0, 0.05) is 5.56 Å². The zero-order valence-corrected chi connectivity index (χ0v) is 12.5. The molecule has 4 nitrogen and oxygen atoms in total. The highest BCUT2D eigenvalue weighted by molar-refractivity contribution is 5.94. The highest BCUT2D eigenvalue weighted by Gasteiger charge is 2.27. The van der Waals surface area contributed by atoms with Crippen molar-refractivity contribution in [3.05, 3.63) is 48.4 Å². The van der Waals surface area contributed by atoms with E-state index >= 15 is 0 Å². The standard InChI is InChI=1S/C17H19N3O/c1-17(2,3)14(18)16-19-15(20-21-16)13-10-6-8-11-7-4-5-9-12(11)13/h4-10,14H,18H2,1-3H3/t14-/m1/s1. The van der Waals surface area contributed by atoms with Crippen molar-refractivity contribution in [3.63, 3.8) is 0 Å². The number of rotatable bonds is 2. The Kier molecular flexibility index (Phi) is 3.26.